The summed E-state index contributed by atoms with van der Waals surface area (Å²) >= 11 is 0. The molecular weight excluding hydrogens is 228 g/mol. The average molecular weight is 252 g/mol. The molecule has 0 bridgehead atoms. The lowest BCUT2D eigenvalue weighted by Gasteiger charge is -2.49. The Bertz CT molecular complexity index is 378. The summed E-state index contributed by atoms with van der Waals surface area (Å²) in [7, 11) is 0. The van der Waals surface area contributed by atoms with E-state index in [-0.39, 0.29) is 11.8 Å². The third-order valence-electron chi connectivity index (χ3n) is 4.11. The van der Waals surface area contributed by atoms with E-state index in [1.165, 1.54) is 0 Å². The molecule has 18 heavy (non-hydrogen) atoms. The second kappa shape index (κ2) is 5.12. The molecule has 0 aromatic heterocycles. The SMILES string of the molecule is C/C=C/CN1C(=O)C(C)(CC)NC(=O)C1(C)CC. The van der Waals surface area contributed by atoms with E-state index in [0.29, 0.717) is 19.4 Å². The summed E-state index contributed by atoms with van der Waals surface area (Å²) in [6.07, 6.45) is 5.03. The Kier molecular flexibility index (Phi) is 4.20. The minimum Gasteiger partial charge on any atom is -0.340 e. The van der Waals surface area contributed by atoms with Gasteiger partial charge in [0, 0.05) is 6.54 Å². The summed E-state index contributed by atoms with van der Waals surface area (Å²) in [5.74, 6) is -0.0505. The zero-order chi connectivity index (χ0) is 14.0. The molecule has 102 valence electrons. The summed E-state index contributed by atoms with van der Waals surface area (Å²) in [5, 5.41) is 2.89. The van der Waals surface area contributed by atoms with Gasteiger partial charge in [0.25, 0.3) is 0 Å². The van der Waals surface area contributed by atoms with E-state index in [4.69, 9.17) is 0 Å². The minimum absolute atomic E-state index is 0.00653. The number of amides is 2. The predicted octanol–water partition coefficient (Wildman–Crippen LogP) is 1.86. The molecule has 4 nitrogen and oxygen atoms in total. The van der Waals surface area contributed by atoms with Crippen LogP contribution in [0.25, 0.3) is 0 Å². The summed E-state index contributed by atoms with van der Waals surface area (Å²) in [4.78, 5) is 26.6. The van der Waals surface area contributed by atoms with Crippen molar-refractivity contribution in [3.63, 3.8) is 0 Å². The van der Waals surface area contributed by atoms with Crippen LogP contribution in [0.3, 0.4) is 0 Å². The van der Waals surface area contributed by atoms with Crippen molar-refractivity contribution in [2.75, 3.05) is 6.54 Å². The number of carbonyl (C=O) groups excluding carboxylic acids is 2. The molecule has 0 saturated carbocycles. The molecule has 0 aliphatic carbocycles. The molecule has 1 fully saturated rings. The quantitative estimate of drug-likeness (QED) is 0.776. The van der Waals surface area contributed by atoms with E-state index >= 15 is 0 Å². The maximum Gasteiger partial charge on any atom is 0.249 e. The van der Waals surface area contributed by atoms with E-state index in [0.717, 1.165) is 0 Å². The normalized spacial score (nSPS) is 33.1. The monoisotopic (exact) mass is 252 g/mol. The minimum atomic E-state index is -0.770. The molecule has 1 saturated heterocycles. The Hall–Kier alpha value is -1.32. The molecule has 0 aromatic rings. The van der Waals surface area contributed by atoms with Crippen LogP contribution in [0.2, 0.25) is 0 Å². The standard InChI is InChI=1S/C14H24N2O2/c1-6-9-10-16-12(18)13(4,7-2)15-11(17)14(16,5)8-3/h6,9H,7-8,10H2,1-5H3,(H,15,17)/b9-6+. The number of hydrogen-bond acceptors (Lipinski definition) is 2. The van der Waals surface area contributed by atoms with Crippen molar-refractivity contribution in [1.29, 1.82) is 0 Å². The van der Waals surface area contributed by atoms with E-state index in [9.17, 15) is 9.59 Å². The first-order chi connectivity index (χ1) is 8.35. The van der Waals surface area contributed by atoms with Gasteiger partial charge in [0.15, 0.2) is 0 Å². The van der Waals surface area contributed by atoms with Crippen LogP contribution in [0.4, 0.5) is 0 Å². The number of hydrogen-bond donors (Lipinski definition) is 1. The van der Waals surface area contributed by atoms with E-state index in [2.05, 4.69) is 5.32 Å². The molecule has 0 aromatic carbocycles. The first-order valence-corrected chi connectivity index (χ1v) is 6.61. The number of carbonyl (C=O) groups is 2. The third-order valence-corrected chi connectivity index (χ3v) is 4.11. The predicted molar refractivity (Wildman–Crippen MR) is 72.1 cm³/mol. The smallest absolute Gasteiger partial charge is 0.249 e. The second-order valence-electron chi connectivity index (χ2n) is 5.25. The van der Waals surface area contributed by atoms with Crippen LogP contribution in [-0.4, -0.2) is 34.3 Å². The lowest BCUT2D eigenvalue weighted by atomic mass is 9.84. The number of rotatable bonds is 4. The third kappa shape index (κ3) is 2.16. The van der Waals surface area contributed by atoms with Gasteiger partial charge in [-0.25, -0.2) is 0 Å². The fourth-order valence-electron chi connectivity index (χ4n) is 2.17. The van der Waals surface area contributed by atoms with Crippen LogP contribution in [0.5, 0.6) is 0 Å². The fourth-order valence-corrected chi connectivity index (χ4v) is 2.17. The highest BCUT2D eigenvalue weighted by molar-refractivity contribution is 6.01. The van der Waals surface area contributed by atoms with Gasteiger partial charge in [-0.3, -0.25) is 9.59 Å². The van der Waals surface area contributed by atoms with Gasteiger partial charge in [0.2, 0.25) is 11.8 Å². The summed E-state index contributed by atoms with van der Waals surface area (Å²) in [5.41, 5.74) is -1.52. The maximum absolute atomic E-state index is 12.6. The molecule has 1 rings (SSSR count). The van der Waals surface area contributed by atoms with Crippen LogP contribution >= 0.6 is 0 Å². The first kappa shape index (κ1) is 14.7. The van der Waals surface area contributed by atoms with Crippen LogP contribution in [0.15, 0.2) is 12.2 Å². The number of nitrogens with zero attached hydrogens (tertiary/aromatic N) is 1. The largest absolute Gasteiger partial charge is 0.340 e. The molecule has 1 aliphatic rings. The zero-order valence-electron chi connectivity index (χ0n) is 12.0. The number of piperazine rings is 1. The lowest BCUT2D eigenvalue weighted by Crippen LogP contribution is -2.73. The zero-order valence-corrected chi connectivity index (χ0v) is 12.0. The lowest BCUT2D eigenvalue weighted by molar-refractivity contribution is -0.161. The van der Waals surface area contributed by atoms with Gasteiger partial charge in [-0.05, 0) is 33.6 Å². The fraction of sp³-hybridized carbons (Fsp3) is 0.714. The maximum atomic E-state index is 12.6. The van der Waals surface area contributed by atoms with Crippen LogP contribution < -0.4 is 5.32 Å². The Morgan fingerprint density at radius 1 is 1.22 bits per heavy atom. The van der Waals surface area contributed by atoms with Crippen molar-refractivity contribution in [1.82, 2.24) is 10.2 Å². The van der Waals surface area contributed by atoms with E-state index in [1.54, 1.807) is 11.8 Å². The van der Waals surface area contributed by atoms with Crippen LogP contribution in [0, 0.1) is 0 Å². The molecule has 0 radical (unpaired) electrons. The van der Waals surface area contributed by atoms with Gasteiger partial charge in [0.1, 0.15) is 11.1 Å². The Balaban J connectivity index is 3.17. The van der Waals surface area contributed by atoms with Crippen molar-refractivity contribution in [2.24, 2.45) is 0 Å². The topological polar surface area (TPSA) is 49.4 Å². The highest BCUT2D eigenvalue weighted by Gasteiger charge is 2.52. The van der Waals surface area contributed by atoms with Crippen LogP contribution in [-0.2, 0) is 9.59 Å². The highest BCUT2D eigenvalue weighted by atomic mass is 16.2. The molecular formula is C14H24N2O2. The van der Waals surface area contributed by atoms with Gasteiger partial charge in [0.05, 0.1) is 0 Å². The number of allylic oxidation sites excluding steroid dienone is 1. The van der Waals surface area contributed by atoms with E-state index in [1.807, 2.05) is 39.8 Å². The summed E-state index contributed by atoms with van der Waals surface area (Å²) in [6, 6.07) is 0. The molecule has 0 spiro atoms. The molecule has 1 N–H and O–H groups in total. The van der Waals surface area contributed by atoms with Crippen LogP contribution in [0.1, 0.15) is 47.5 Å². The Morgan fingerprint density at radius 2 is 1.83 bits per heavy atom. The molecule has 1 aliphatic heterocycles. The summed E-state index contributed by atoms with van der Waals surface area (Å²) < 4.78 is 0. The van der Waals surface area contributed by atoms with Crippen molar-refractivity contribution in [2.45, 2.75) is 58.5 Å². The Labute approximate surface area is 109 Å². The van der Waals surface area contributed by atoms with Crippen molar-refractivity contribution < 1.29 is 9.59 Å². The summed E-state index contributed by atoms with van der Waals surface area (Å²) in [6.45, 7) is 9.88. The van der Waals surface area contributed by atoms with Crippen molar-refractivity contribution >= 4 is 11.8 Å². The highest BCUT2D eigenvalue weighted by Crippen LogP contribution is 2.30. The molecule has 2 atom stereocenters. The average Bonchev–Trinajstić information content (AvgIpc) is 2.36. The van der Waals surface area contributed by atoms with Gasteiger partial charge >= 0.3 is 0 Å². The van der Waals surface area contributed by atoms with Crippen molar-refractivity contribution in [3.8, 4) is 0 Å². The van der Waals surface area contributed by atoms with Crippen molar-refractivity contribution in [3.05, 3.63) is 12.2 Å². The van der Waals surface area contributed by atoms with E-state index < -0.39 is 11.1 Å². The molecule has 4 heteroatoms. The number of nitrogens with one attached hydrogen (secondary N) is 1. The molecule has 2 unspecified atom stereocenters. The van der Waals surface area contributed by atoms with Gasteiger partial charge in [-0.2, -0.15) is 0 Å². The second-order valence-corrected chi connectivity index (χ2v) is 5.25. The molecule has 2 amide bonds. The van der Waals surface area contributed by atoms with Gasteiger partial charge in [-0.1, -0.05) is 26.0 Å². The Morgan fingerprint density at radius 3 is 2.28 bits per heavy atom. The first-order valence-electron chi connectivity index (χ1n) is 6.61. The van der Waals surface area contributed by atoms with Gasteiger partial charge < -0.3 is 10.2 Å². The van der Waals surface area contributed by atoms with Gasteiger partial charge in [-0.15, -0.1) is 0 Å². The molecule has 1 heterocycles.